The van der Waals surface area contributed by atoms with Crippen molar-refractivity contribution in [3.63, 3.8) is 0 Å². The van der Waals surface area contributed by atoms with Crippen molar-refractivity contribution in [3.8, 4) is 17.0 Å². The number of nitrogen functional groups attached to an aromatic ring is 1. The van der Waals surface area contributed by atoms with E-state index < -0.39 is 17.5 Å². The van der Waals surface area contributed by atoms with Gasteiger partial charge in [0.2, 0.25) is 0 Å². The number of benzene rings is 2. The van der Waals surface area contributed by atoms with Crippen LogP contribution in [0.4, 0.5) is 14.6 Å². The van der Waals surface area contributed by atoms with Gasteiger partial charge in [-0.25, -0.2) is 13.5 Å². The molecule has 1 saturated heterocycles. The quantitative estimate of drug-likeness (QED) is 0.487. The average molecular weight is 472 g/mol. The fraction of sp³-hybridized carbons (Fsp3) is 0.333. The first-order valence-corrected chi connectivity index (χ1v) is 11.0. The van der Waals surface area contributed by atoms with E-state index in [1.807, 2.05) is 0 Å². The lowest BCUT2D eigenvalue weighted by molar-refractivity contribution is 0.0669. The number of nitrogens with two attached hydrogens (primary N) is 2. The number of amides is 1. The summed E-state index contributed by atoms with van der Waals surface area (Å²) in [6, 6.07) is 8.35. The molecule has 34 heavy (non-hydrogen) atoms. The molecule has 2 aromatic carbocycles. The van der Waals surface area contributed by atoms with Gasteiger partial charge in [-0.3, -0.25) is 4.79 Å². The van der Waals surface area contributed by atoms with Gasteiger partial charge >= 0.3 is 0 Å². The van der Waals surface area contributed by atoms with Crippen LogP contribution in [0.25, 0.3) is 11.3 Å². The molecule has 1 aliphatic rings. The van der Waals surface area contributed by atoms with Crippen molar-refractivity contribution in [2.45, 2.75) is 32.0 Å². The molecular weight excluding hydrogens is 444 g/mol. The lowest BCUT2D eigenvalue weighted by atomic mass is 10.0. The third-order valence-corrected chi connectivity index (χ3v) is 5.96. The maximum atomic E-state index is 14.9. The summed E-state index contributed by atoms with van der Waals surface area (Å²) in [4.78, 5) is 12.5. The van der Waals surface area contributed by atoms with Crippen LogP contribution in [0, 0.1) is 11.6 Å². The van der Waals surface area contributed by atoms with Gasteiger partial charge in [0, 0.05) is 43.0 Å². The minimum Gasteiger partial charge on any atom is -0.496 e. The molecule has 3 aromatic rings. The highest BCUT2D eigenvalue weighted by atomic mass is 19.1. The van der Waals surface area contributed by atoms with Crippen molar-refractivity contribution in [2.75, 3.05) is 26.1 Å². The van der Waals surface area contributed by atoms with E-state index in [2.05, 4.69) is 10.4 Å². The van der Waals surface area contributed by atoms with E-state index in [1.54, 1.807) is 16.8 Å². The van der Waals surface area contributed by atoms with Crippen LogP contribution in [0.5, 0.6) is 5.75 Å². The lowest BCUT2D eigenvalue weighted by Crippen LogP contribution is -2.24. The number of nitrogens with one attached hydrogen (secondary N) is 1. The molecule has 0 spiro atoms. The zero-order valence-electron chi connectivity index (χ0n) is 18.8. The van der Waals surface area contributed by atoms with Gasteiger partial charge in [0.1, 0.15) is 23.2 Å². The number of carbonyl (C=O) groups is 1. The number of aromatic nitrogens is 2. The summed E-state index contributed by atoms with van der Waals surface area (Å²) in [5.74, 6) is -0.969. The van der Waals surface area contributed by atoms with E-state index in [9.17, 15) is 13.6 Å². The van der Waals surface area contributed by atoms with Gasteiger partial charge in [-0.15, -0.1) is 0 Å². The Labute approximate surface area is 195 Å². The number of nitrogens with zero attached hydrogens (tertiary/aromatic N) is 2. The van der Waals surface area contributed by atoms with Gasteiger partial charge in [0.05, 0.1) is 24.4 Å². The second-order valence-corrected chi connectivity index (χ2v) is 8.04. The molecule has 4 rings (SSSR count). The predicted octanol–water partition coefficient (Wildman–Crippen LogP) is 3.16. The van der Waals surface area contributed by atoms with E-state index in [0.29, 0.717) is 35.9 Å². The molecule has 8 nitrogen and oxygen atoms in total. The monoisotopic (exact) mass is 471 g/mol. The Morgan fingerprint density at radius 2 is 2.00 bits per heavy atom. The summed E-state index contributed by atoms with van der Waals surface area (Å²) < 4.78 is 40.8. The van der Waals surface area contributed by atoms with Gasteiger partial charge < -0.3 is 26.3 Å². The standard InChI is InChI=1S/C24H27F2N5O3/c1-33-21-5-4-16(25)11-18(21)24(32)29-13-15-3-2-14(10-20(15)26)22-19(12-27)23(28)31(30-22)17-6-8-34-9-7-17/h2-5,10-11,17H,6-9,12-13,27-28H2,1H3,(H,29,32). The van der Waals surface area contributed by atoms with Crippen LogP contribution in [0.15, 0.2) is 36.4 Å². The van der Waals surface area contributed by atoms with Crippen LogP contribution >= 0.6 is 0 Å². The summed E-state index contributed by atoms with van der Waals surface area (Å²) in [7, 11) is 1.38. The van der Waals surface area contributed by atoms with E-state index in [0.717, 1.165) is 18.9 Å². The van der Waals surface area contributed by atoms with Gasteiger partial charge in [-0.1, -0.05) is 12.1 Å². The summed E-state index contributed by atoms with van der Waals surface area (Å²) in [5.41, 5.74) is 14.3. The molecule has 5 N–H and O–H groups in total. The smallest absolute Gasteiger partial charge is 0.255 e. The molecule has 0 bridgehead atoms. The Balaban J connectivity index is 1.54. The third-order valence-electron chi connectivity index (χ3n) is 5.96. The largest absolute Gasteiger partial charge is 0.496 e. The second kappa shape index (κ2) is 10.2. The predicted molar refractivity (Wildman–Crippen MR) is 123 cm³/mol. The molecule has 0 saturated carbocycles. The van der Waals surface area contributed by atoms with Crippen molar-refractivity contribution in [3.05, 3.63) is 64.7 Å². The molecule has 0 unspecified atom stereocenters. The zero-order valence-corrected chi connectivity index (χ0v) is 18.8. The SMILES string of the molecule is COc1ccc(F)cc1C(=O)NCc1ccc(-c2nn(C3CCOCC3)c(N)c2CN)cc1F. The number of ether oxygens (including phenoxy) is 2. The highest BCUT2D eigenvalue weighted by Crippen LogP contribution is 2.32. The fourth-order valence-electron chi connectivity index (χ4n) is 4.09. The van der Waals surface area contributed by atoms with Gasteiger partial charge in [0.25, 0.3) is 5.91 Å². The van der Waals surface area contributed by atoms with Crippen molar-refractivity contribution in [1.82, 2.24) is 15.1 Å². The van der Waals surface area contributed by atoms with Gasteiger partial charge in [-0.2, -0.15) is 5.10 Å². The van der Waals surface area contributed by atoms with Crippen molar-refractivity contribution in [1.29, 1.82) is 0 Å². The number of carbonyl (C=O) groups excluding carboxylic acids is 1. The van der Waals surface area contributed by atoms with Crippen molar-refractivity contribution in [2.24, 2.45) is 5.73 Å². The number of rotatable bonds is 7. The Hall–Kier alpha value is -3.50. The third kappa shape index (κ3) is 4.73. The summed E-state index contributed by atoms with van der Waals surface area (Å²) in [6.07, 6.45) is 1.58. The van der Waals surface area contributed by atoms with Crippen LogP contribution in [0.3, 0.4) is 0 Å². The molecule has 0 aliphatic carbocycles. The van der Waals surface area contributed by atoms with Crippen LogP contribution in [0.2, 0.25) is 0 Å². The maximum absolute atomic E-state index is 14.9. The average Bonchev–Trinajstić information content (AvgIpc) is 3.19. The van der Waals surface area contributed by atoms with Crippen molar-refractivity contribution < 1.29 is 23.0 Å². The number of methoxy groups -OCH3 is 1. The van der Waals surface area contributed by atoms with E-state index >= 15 is 0 Å². The van der Waals surface area contributed by atoms with E-state index in [4.69, 9.17) is 20.9 Å². The minimum absolute atomic E-state index is 0.0289. The Morgan fingerprint density at radius 1 is 1.24 bits per heavy atom. The number of halogens is 2. The first kappa shape index (κ1) is 23.7. The molecule has 180 valence electrons. The Morgan fingerprint density at radius 3 is 2.68 bits per heavy atom. The molecule has 2 heterocycles. The van der Waals surface area contributed by atoms with Crippen LogP contribution in [-0.4, -0.2) is 36.0 Å². The maximum Gasteiger partial charge on any atom is 0.255 e. The molecule has 0 radical (unpaired) electrons. The van der Waals surface area contributed by atoms with Crippen LogP contribution in [-0.2, 0) is 17.8 Å². The molecular formula is C24H27F2N5O3. The first-order chi connectivity index (χ1) is 16.4. The van der Waals surface area contributed by atoms with Crippen molar-refractivity contribution >= 4 is 11.7 Å². The highest BCUT2D eigenvalue weighted by Gasteiger charge is 2.24. The molecule has 1 amide bonds. The molecule has 1 aromatic heterocycles. The minimum atomic E-state index is -0.576. The fourth-order valence-corrected chi connectivity index (χ4v) is 4.09. The normalized spacial score (nSPS) is 14.2. The number of hydrogen-bond acceptors (Lipinski definition) is 6. The molecule has 10 heteroatoms. The summed E-state index contributed by atoms with van der Waals surface area (Å²) >= 11 is 0. The lowest BCUT2D eigenvalue weighted by Gasteiger charge is -2.23. The zero-order chi connectivity index (χ0) is 24.2. The van der Waals surface area contributed by atoms with E-state index in [1.165, 1.54) is 25.3 Å². The summed E-state index contributed by atoms with van der Waals surface area (Å²) in [5, 5.41) is 7.26. The number of hydrogen-bond donors (Lipinski definition) is 3. The molecule has 1 aliphatic heterocycles. The molecule has 1 fully saturated rings. The number of anilines is 1. The highest BCUT2D eigenvalue weighted by molar-refractivity contribution is 5.96. The first-order valence-electron chi connectivity index (χ1n) is 11.0. The van der Waals surface area contributed by atoms with Crippen LogP contribution in [0.1, 0.15) is 40.4 Å². The molecule has 0 atom stereocenters. The second-order valence-electron chi connectivity index (χ2n) is 8.04. The van der Waals surface area contributed by atoms with Crippen LogP contribution < -0.4 is 21.5 Å². The van der Waals surface area contributed by atoms with Gasteiger partial charge in [-0.05, 0) is 37.1 Å². The topological polar surface area (TPSA) is 117 Å². The Kier molecular flexibility index (Phi) is 7.09. The van der Waals surface area contributed by atoms with Gasteiger partial charge in [0.15, 0.2) is 0 Å². The van der Waals surface area contributed by atoms with E-state index in [-0.39, 0.29) is 36.0 Å². The Bertz CT molecular complexity index is 1190. The summed E-state index contributed by atoms with van der Waals surface area (Å²) in [6.45, 7) is 1.34.